The number of rotatable bonds is 5. The van der Waals surface area contributed by atoms with Gasteiger partial charge in [-0.3, -0.25) is 0 Å². The third-order valence-electron chi connectivity index (χ3n) is 2.62. The average molecular weight is 219 g/mol. The molecule has 0 aromatic heterocycles. The summed E-state index contributed by atoms with van der Waals surface area (Å²) in [7, 11) is 0. The first-order valence-corrected chi connectivity index (χ1v) is 5.74. The lowest BCUT2D eigenvalue weighted by molar-refractivity contribution is 0.111. The third-order valence-corrected chi connectivity index (χ3v) is 2.62. The molecule has 0 bridgehead atoms. The van der Waals surface area contributed by atoms with Crippen LogP contribution < -0.4 is 0 Å². The minimum Gasteiger partial charge on any atom is -0.391 e. The molecule has 0 amide bonds. The molecular formula is C13H17NO2. The van der Waals surface area contributed by atoms with Crippen molar-refractivity contribution in [2.24, 2.45) is 5.16 Å². The van der Waals surface area contributed by atoms with E-state index < -0.39 is 0 Å². The van der Waals surface area contributed by atoms with E-state index in [0.717, 1.165) is 25.0 Å². The average Bonchev–Trinajstić information content (AvgIpc) is 2.83. The standard InChI is InChI=1S/C13H17NO2/c1-2-5-12(6-3-1)11-16-14-9-8-13-7-4-10-15-13/h1-3,5-6,9,13H,4,7-8,10-11H2. The summed E-state index contributed by atoms with van der Waals surface area (Å²) in [5.74, 6) is 0. The van der Waals surface area contributed by atoms with Crippen LogP contribution >= 0.6 is 0 Å². The molecule has 0 spiro atoms. The molecule has 16 heavy (non-hydrogen) atoms. The zero-order valence-electron chi connectivity index (χ0n) is 9.34. The number of benzene rings is 1. The van der Waals surface area contributed by atoms with Crippen LogP contribution in [0.15, 0.2) is 35.5 Å². The Hall–Kier alpha value is -1.35. The van der Waals surface area contributed by atoms with Crippen LogP contribution in [-0.4, -0.2) is 18.9 Å². The highest BCUT2D eigenvalue weighted by molar-refractivity contribution is 5.57. The van der Waals surface area contributed by atoms with Gasteiger partial charge in [0, 0.05) is 19.2 Å². The second-order valence-corrected chi connectivity index (χ2v) is 3.92. The van der Waals surface area contributed by atoms with Crippen molar-refractivity contribution in [3.63, 3.8) is 0 Å². The van der Waals surface area contributed by atoms with E-state index in [-0.39, 0.29) is 0 Å². The predicted molar refractivity (Wildman–Crippen MR) is 63.3 cm³/mol. The van der Waals surface area contributed by atoms with E-state index in [1.807, 2.05) is 30.3 Å². The molecule has 1 atom stereocenters. The molecule has 0 N–H and O–H groups in total. The zero-order chi connectivity index (χ0) is 11.1. The highest BCUT2D eigenvalue weighted by Crippen LogP contribution is 2.13. The molecule has 1 aliphatic rings. The molecule has 1 heterocycles. The van der Waals surface area contributed by atoms with Gasteiger partial charge in [-0.05, 0) is 18.4 Å². The van der Waals surface area contributed by atoms with Crippen molar-refractivity contribution in [3.05, 3.63) is 35.9 Å². The first-order chi connectivity index (χ1) is 7.95. The van der Waals surface area contributed by atoms with E-state index in [1.54, 1.807) is 6.21 Å². The molecule has 3 heteroatoms. The Morgan fingerprint density at radius 2 is 2.25 bits per heavy atom. The fraction of sp³-hybridized carbons (Fsp3) is 0.462. The van der Waals surface area contributed by atoms with Gasteiger partial charge < -0.3 is 9.57 Å². The maximum absolute atomic E-state index is 5.47. The second kappa shape index (κ2) is 6.28. The smallest absolute Gasteiger partial charge is 0.142 e. The summed E-state index contributed by atoms with van der Waals surface area (Å²) in [5, 5.41) is 3.93. The normalized spacial score (nSPS) is 20.4. The van der Waals surface area contributed by atoms with Gasteiger partial charge in [0.05, 0.1) is 6.10 Å². The fourth-order valence-corrected chi connectivity index (χ4v) is 1.73. The lowest BCUT2D eigenvalue weighted by Gasteiger charge is -2.03. The molecule has 0 saturated carbocycles. The quantitative estimate of drug-likeness (QED) is 0.563. The Morgan fingerprint density at radius 3 is 3.00 bits per heavy atom. The molecule has 3 nitrogen and oxygen atoms in total. The summed E-state index contributed by atoms with van der Waals surface area (Å²) in [6.07, 6.45) is 5.33. The summed E-state index contributed by atoms with van der Waals surface area (Å²) >= 11 is 0. The minimum atomic E-state index is 0.351. The third kappa shape index (κ3) is 3.66. The maximum atomic E-state index is 5.47. The van der Waals surface area contributed by atoms with Crippen LogP contribution in [0.1, 0.15) is 24.8 Å². The first kappa shape index (κ1) is 11.1. The van der Waals surface area contributed by atoms with Crippen molar-refractivity contribution in [2.75, 3.05) is 6.61 Å². The molecule has 0 aliphatic carbocycles. The topological polar surface area (TPSA) is 30.8 Å². The summed E-state index contributed by atoms with van der Waals surface area (Å²) in [6, 6.07) is 10.0. The van der Waals surface area contributed by atoms with E-state index in [0.29, 0.717) is 12.7 Å². The van der Waals surface area contributed by atoms with Gasteiger partial charge in [0.2, 0.25) is 0 Å². The SMILES string of the molecule is C(CC1CCCO1)=NOCc1ccccc1. The molecule has 2 rings (SSSR count). The predicted octanol–water partition coefficient (Wildman–Crippen LogP) is 2.76. The fourth-order valence-electron chi connectivity index (χ4n) is 1.73. The van der Waals surface area contributed by atoms with E-state index >= 15 is 0 Å². The summed E-state index contributed by atoms with van der Waals surface area (Å²) in [6.45, 7) is 1.42. The Kier molecular flexibility index (Phi) is 4.37. The monoisotopic (exact) mass is 219 g/mol. The Labute approximate surface area is 96.1 Å². The Bertz CT molecular complexity index is 318. The van der Waals surface area contributed by atoms with Gasteiger partial charge in [0.15, 0.2) is 0 Å². The molecule has 1 aliphatic heterocycles. The Balaban J connectivity index is 1.62. The van der Waals surface area contributed by atoms with Gasteiger partial charge in [0.25, 0.3) is 0 Å². The van der Waals surface area contributed by atoms with Crippen LogP contribution in [0.2, 0.25) is 0 Å². The Morgan fingerprint density at radius 1 is 1.38 bits per heavy atom. The van der Waals surface area contributed by atoms with Crippen molar-refractivity contribution in [1.29, 1.82) is 0 Å². The van der Waals surface area contributed by atoms with Crippen LogP contribution in [0.25, 0.3) is 0 Å². The van der Waals surface area contributed by atoms with Crippen LogP contribution in [0.4, 0.5) is 0 Å². The van der Waals surface area contributed by atoms with E-state index in [9.17, 15) is 0 Å². The van der Waals surface area contributed by atoms with E-state index in [2.05, 4.69) is 5.16 Å². The molecule has 1 aromatic carbocycles. The van der Waals surface area contributed by atoms with Crippen molar-refractivity contribution in [2.45, 2.75) is 32.0 Å². The van der Waals surface area contributed by atoms with Crippen LogP contribution in [0.3, 0.4) is 0 Å². The summed E-state index contributed by atoms with van der Waals surface area (Å²) in [5.41, 5.74) is 1.14. The van der Waals surface area contributed by atoms with Crippen molar-refractivity contribution < 1.29 is 9.57 Å². The summed E-state index contributed by atoms with van der Waals surface area (Å²) in [4.78, 5) is 5.19. The minimum absolute atomic E-state index is 0.351. The maximum Gasteiger partial charge on any atom is 0.142 e. The van der Waals surface area contributed by atoms with E-state index in [1.165, 1.54) is 6.42 Å². The zero-order valence-corrected chi connectivity index (χ0v) is 9.34. The van der Waals surface area contributed by atoms with Gasteiger partial charge in [-0.15, -0.1) is 0 Å². The lowest BCUT2D eigenvalue weighted by Crippen LogP contribution is -2.04. The van der Waals surface area contributed by atoms with Crippen molar-refractivity contribution in [3.8, 4) is 0 Å². The van der Waals surface area contributed by atoms with Crippen LogP contribution in [-0.2, 0) is 16.2 Å². The molecule has 1 fully saturated rings. The van der Waals surface area contributed by atoms with Gasteiger partial charge in [0.1, 0.15) is 6.61 Å². The van der Waals surface area contributed by atoms with Gasteiger partial charge in [-0.25, -0.2) is 0 Å². The molecular weight excluding hydrogens is 202 g/mol. The van der Waals surface area contributed by atoms with Gasteiger partial charge in [-0.2, -0.15) is 0 Å². The molecule has 1 saturated heterocycles. The van der Waals surface area contributed by atoms with Crippen molar-refractivity contribution >= 4 is 6.21 Å². The number of hydrogen-bond donors (Lipinski definition) is 0. The molecule has 1 unspecified atom stereocenters. The van der Waals surface area contributed by atoms with Crippen LogP contribution in [0.5, 0.6) is 0 Å². The second-order valence-electron chi connectivity index (χ2n) is 3.92. The number of ether oxygens (including phenoxy) is 1. The highest BCUT2D eigenvalue weighted by Gasteiger charge is 2.13. The first-order valence-electron chi connectivity index (χ1n) is 5.74. The number of oxime groups is 1. The molecule has 1 aromatic rings. The number of hydrogen-bond acceptors (Lipinski definition) is 3. The lowest BCUT2D eigenvalue weighted by atomic mass is 10.2. The van der Waals surface area contributed by atoms with Crippen molar-refractivity contribution in [1.82, 2.24) is 0 Å². The van der Waals surface area contributed by atoms with Crippen LogP contribution in [0, 0.1) is 0 Å². The highest BCUT2D eigenvalue weighted by atomic mass is 16.6. The summed E-state index contributed by atoms with van der Waals surface area (Å²) < 4.78 is 5.47. The molecule has 86 valence electrons. The largest absolute Gasteiger partial charge is 0.391 e. The number of nitrogens with zero attached hydrogens (tertiary/aromatic N) is 1. The van der Waals surface area contributed by atoms with E-state index in [4.69, 9.17) is 9.57 Å². The van der Waals surface area contributed by atoms with Gasteiger partial charge >= 0.3 is 0 Å². The van der Waals surface area contributed by atoms with Gasteiger partial charge in [-0.1, -0.05) is 35.5 Å². The molecule has 0 radical (unpaired) electrons.